The third kappa shape index (κ3) is 9.67. The monoisotopic (exact) mass is 578 g/mol. The molecule has 2 aromatic heterocycles. The molecule has 10 nitrogen and oxygen atoms in total. The minimum atomic E-state index is -0.999. The molecule has 2 heterocycles. The molecule has 0 spiro atoms. The van der Waals surface area contributed by atoms with E-state index >= 15 is 0 Å². The number of nitrogens with zero attached hydrogens (tertiary/aromatic N) is 2. The Morgan fingerprint density at radius 1 is 0.714 bits per heavy atom. The Morgan fingerprint density at radius 2 is 1.14 bits per heavy atom. The maximum Gasteiger partial charge on any atom is 0.332 e. The molecule has 2 aromatic carbocycles. The van der Waals surface area contributed by atoms with E-state index in [2.05, 4.69) is 35.9 Å². The van der Waals surface area contributed by atoms with E-state index < -0.39 is 5.97 Å². The van der Waals surface area contributed by atoms with E-state index in [1.807, 2.05) is 43.3 Å². The van der Waals surface area contributed by atoms with Crippen molar-refractivity contribution in [2.24, 2.45) is 0 Å². The molecule has 0 unspecified atom stereocenters. The van der Waals surface area contributed by atoms with E-state index in [0.717, 1.165) is 24.0 Å². The van der Waals surface area contributed by atoms with Crippen LogP contribution in [0.4, 0.5) is 0 Å². The van der Waals surface area contributed by atoms with Crippen molar-refractivity contribution in [2.45, 2.75) is 60.7 Å². The minimum absolute atomic E-state index is 0.0827. The number of rotatable bonds is 13. The number of oxazole rings is 2. The number of carboxylic acid groups (broad SMARTS) is 1. The first-order valence-electron chi connectivity index (χ1n) is 13.9. The van der Waals surface area contributed by atoms with Crippen molar-refractivity contribution < 1.29 is 37.7 Å². The molecule has 0 bridgehead atoms. The van der Waals surface area contributed by atoms with Crippen molar-refractivity contribution in [3.63, 3.8) is 0 Å². The molecule has 10 heteroatoms. The summed E-state index contributed by atoms with van der Waals surface area (Å²) in [5, 5.41) is 8.52. The Bertz CT molecular complexity index is 1420. The Kier molecular flexibility index (Phi) is 12.5. The molecule has 4 rings (SSSR count). The van der Waals surface area contributed by atoms with Gasteiger partial charge in [-0.1, -0.05) is 38.1 Å². The third-order valence-corrected chi connectivity index (χ3v) is 6.23. The topological polar surface area (TPSA) is 134 Å². The SMILES string of the molecule is CCOC(=O)COCc1nc(-c2ccc(CC)cc2)oc1C.CCc1ccc(-c2nc(COCC(=O)O)c(C)o2)cc1. The summed E-state index contributed by atoms with van der Waals surface area (Å²) in [5.41, 5.74) is 5.67. The molecule has 0 amide bonds. The van der Waals surface area contributed by atoms with Gasteiger partial charge in [-0.2, -0.15) is 0 Å². The van der Waals surface area contributed by atoms with Gasteiger partial charge in [0.2, 0.25) is 11.8 Å². The first kappa shape index (κ1) is 32.2. The number of benzene rings is 2. The standard InChI is InChI=1S/C17H21NO4.C15H17NO4/c1-4-13-6-8-14(9-7-13)17-18-15(12(3)22-17)10-20-11-16(19)21-5-2;1-3-11-4-6-12(7-5-11)15-16-13(10(2)20-15)8-19-9-14(17)18/h6-9H,4-5,10-11H2,1-3H3;4-7H,3,8-9H2,1-2H3,(H,17,18). The second-order valence-electron chi connectivity index (χ2n) is 9.33. The normalized spacial score (nSPS) is 10.7. The number of aliphatic carboxylic acids is 1. The number of esters is 1. The lowest BCUT2D eigenvalue weighted by molar-refractivity contribution is -0.149. The zero-order valence-corrected chi connectivity index (χ0v) is 24.8. The van der Waals surface area contributed by atoms with Crippen molar-refractivity contribution >= 4 is 11.9 Å². The van der Waals surface area contributed by atoms with Crippen LogP contribution in [0.5, 0.6) is 0 Å². The summed E-state index contributed by atoms with van der Waals surface area (Å²) in [6.45, 7) is 9.88. The average Bonchev–Trinajstić information content (AvgIpc) is 3.55. The van der Waals surface area contributed by atoms with Gasteiger partial charge in [0.15, 0.2) is 0 Å². The van der Waals surface area contributed by atoms with Gasteiger partial charge < -0.3 is 28.2 Å². The number of hydrogen-bond donors (Lipinski definition) is 1. The summed E-state index contributed by atoms with van der Waals surface area (Å²) in [5.74, 6) is 1.05. The molecular formula is C32H38N2O8. The highest BCUT2D eigenvalue weighted by molar-refractivity contribution is 5.70. The van der Waals surface area contributed by atoms with Crippen LogP contribution in [-0.4, -0.2) is 46.8 Å². The molecule has 4 aromatic rings. The van der Waals surface area contributed by atoms with E-state index in [0.29, 0.717) is 41.3 Å². The molecular weight excluding hydrogens is 540 g/mol. The van der Waals surface area contributed by atoms with Gasteiger partial charge in [0.1, 0.15) is 36.1 Å². The van der Waals surface area contributed by atoms with Crippen LogP contribution in [-0.2, 0) is 49.9 Å². The average molecular weight is 579 g/mol. The Hall–Kier alpha value is -4.28. The summed E-state index contributed by atoms with van der Waals surface area (Å²) in [6, 6.07) is 16.1. The summed E-state index contributed by atoms with van der Waals surface area (Å²) in [7, 11) is 0. The zero-order valence-electron chi connectivity index (χ0n) is 24.8. The van der Waals surface area contributed by atoms with E-state index in [9.17, 15) is 9.59 Å². The molecule has 0 radical (unpaired) electrons. The maximum atomic E-state index is 11.2. The molecule has 0 atom stereocenters. The van der Waals surface area contributed by atoms with Gasteiger partial charge in [-0.05, 0) is 69.0 Å². The second kappa shape index (κ2) is 16.2. The largest absolute Gasteiger partial charge is 0.480 e. The second-order valence-corrected chi connectivity index (χ2v) is 9.33. The Labute approximate surface area is 245 Å². The first-order chi connectivity index (χ1) is 20.2. The van der Waals surface area contributed by atoms with E-state index in [-0.39, 0.29) is 32.4 Å². The van der Waals surface area contributed by atoms with Crippen molar-refractivity contribution in [3.8, 4) is 22.9 Å². The minimum Gasteiger partial charge on any atom is -0.480 e. The Balaban J connectivity index is 0.000000231. The molecule has 1 N–H and O–H groups in total. The highest BCUT2D eigenvalue weighted by Crippen LogP contribution is 2.24. The van der Waals surface area contributed by atoms with Crippen molar-refractivity contribution in [2.75, 3.05) is 19.8 Å². The molecule has 0 aliphatic heterocycles. The number of aryl methyl sites for hydroxylation is 4. The van der Waals surface area contributed by atoms with Gasteiger partial charge >= 0.3 is 11.9 Å². The highest BCUT2D eigenvalue weighted by Gasteiger charge is 2.13. The summed E-state index contributed by atoms with van der Waals surface area (Å²) >= 11 is 0. The molecule has 224 valence electrons. The molecule has 0 saturated heterocycles. The van der Waals surface area contributed by atoms with Gasteiger partial charge in [0.25, 0.3) is 0 Å². The van der Waals surface area contributed by atoms with Gasteiger partial charge in [0.05, 0.1) is 19.8 Å². The van der Waals surface area contributed by atoms with E-state index in [4.69, 9.17) is 28.2 Å². The van der Waals surface area contributed by atoms with Crippen molar-refractivity contribution in [1.29, 1.82) is 0 Å². The van der Waals surface area contributed by atoms with Crippen LogP contribution in [0.1, 0.15) is 54.8 Å². The van der Waals surface area contributed by atoms with Gasteiger partial charge in [0, 0.05) is 11.1 Å². The first-order valence-corrected chi connectivity index (χ1v) is 13.9. The Morgan fingerprint density at radius 3 is 1.52 bits per heavy atom. The highest BCUT2D eigenvalue weighted by atomic mass is 16.6. The molecule has 0 fully saturated rings. The van der Waals surface area contributed by atoms with E-state index in [1.165, 1.54) is 11.1 Å². The number of carbonyl (C=O) groups excluding carboxylic acids is 1. The summed E-state index contributed by atoms with van der Waals surface area (Å²) in [6.07, 6.45) is 1.98. The number of hydrogen-bond acceptors (Lipinski definition) is 9. The fourth-order valence-corrected chi connectivity index (χ4v) is 3.81. The lowest BCUT2D eigenvalue weighted by Gasteiger charge is -2.02. The predicted molar refractivity (Wildman–Crippen MR) is 156 cm³/mol. The van der Waals surface area contributed by atoms with Crippen LogP contribution >= 0.6 is 0 Å². The number of carboxylic acids is 1. The number of aromatic nitrogens is 2. The summed E-state index contributed by atoms with van der Waals surface area (Å²) in [4.78, 5) is 30.4. The van der Waals surface area contributed by atoms with Gasteiger partial charge in [-0.3, -0.25) is 0 Å². The third-order valence-electron chi connectivity index (χ3n) is 6.23. The van der Waals surface area contributed by atoms with Gasteiger partial charge in [-0.15, -0.1) is 0 Å². The summed E-state index contributed by atoms with van der Waals surface area (Å²) < 4.78 is 26.4. The van der Waals surface area contributed by atoms with Crippen LogP contribution in [0.3, 0.4) is 0 Å². The molecule has 42 heavy (non-hydrogen) atoms. The number of ether oxygens (including phenoxy) is 3. The smallest absolute Gasteiger partial charge is 0.332 e. The molecule has 0 aliphatic rings. The fourth-order valence-electron chi connectivity index (χ4n) is 3.81. The maximum absolute atomic E-state index is 11.2. The zero-order chi connectivity index (χ0) is 30.5. The molecule has 0 saturated carbocycles. The fraction of sp³-hybridized carbons (Fsp3) is 0.375. The lowest BCUT2D eigenvalue weighted by atomic mass is 10.1. The van der Waals surface area contributed by atoms with Crippen LogP contribution < -0.4 is 0 Å². The van der Waals surface area contributed by atoms with Crippen LogP contribution in [0.2, 0.25) is 0 Å². The lowest BCUT2D eigenvalue weighted by Crippen LogP contribution is -2.12. The van der Waals surface area contributed by atoms with Crippen LogP contribution in [0, 0.1) is 13.8 Å². The quantitative estimate of drug-likeness (QED) is 0.185. The van der Waals surface area contributed by atoms with Gasteiger partial charge in [-0.25, -0.2) is 19.6 Å². The number of carbonyl (C=O) groups is 2. The molecule has 0 aliphatic carbocycles. The van der Waals surface area contributed by atoms with E-state index in [1.54, 1.807) is 13.8 Å². The van der Waals surface area contributed by atoms with Crippen LogP contribution in [0.25, 0.3) is 22.9 Å². The predicted octanol–water partition coefficient (Wildman–Crippen LogP) is 6.11. The van der Waals surface area contributed by atoms with Crippen LogP contribution in [0.15, 0.2) is 57.4 Å². The van der Waals surface area contributed by atoms with Crippen molar-refractivity contribution in [1.82, 2.24) is 9.97 Å². The van der Waals surface area contributed by atoms with Crippen molar-refractivity contribution in [3.05, 3.63) is 82.6 Å².